The molecular formula is C9H16N2O2. The monoisotopic (exact) mass is 184 g/mol. The maximum Gasteiger partial charge on any atom is 0.404 e. The van der Waals surface area contributed by atoms with Crippen molar-refractivity contribution in [1.29, 1.82) is 0 Å². The summed E-state index contributed by atoms with van der Waals surface area (Å²) in [5, 5.41) is 14.0. The quantitative estimate of drug-likeness (QED) is 0.562. The molecule has 0 aromatic rings. The van der Waals surface area contributed by atoms with Gasteiger partial charge in [0, 0.05) is 19.1 Å². The molecular weight excluding hydrogens is 168 g/mol. The molecule has 3 N–H and O–H groups in total. The molecule has 13 heavy (non-hydrogen) atoms. The fourth-order valence-electron chi connectivity index (χ4n) is 2.33. The molecule has 0 aliphatic heterocycles. The fraction of sp³-hybridized carbons (Fsp3) is 0.889. The average Bonchev–Trinajstić information content (AvgIpc) is 2.68. The Kier molecular flexibility index (Phi) is 2.40. The van der Waals surface area contributed by atoms with Crippen LogP contribution in [0.25, 0.3) is 0 Å². The Morgan fingerprint density at radius 3 is 2.54 bits per heavy atom. The molecule has 0 saturated heterocycles. The Hall–Kier alpha value is -0.770. The lowest BCUT2D eigenvalue weighted by molar-refractivity contribution is 0.194. The second kappa shape index (κ2) is 3.54. The smallest absolute Gasteiger partial charge is 0.404 e. The molecule has 0 spiro atoms. The molecule has 0 heterocycles. The molecule has 0 bridgehead atoms. The summed E-state index contributed by atoms with van der Waals surface area (Å²) in [6, 6.07) is 0.652. The minimum Gasteiger partial charge on any atom is -0.465 e. The number of fused-ring (bicyclic) bond motifs is 1. The fourth-order valence-corrected chi connectivity index (χ4v) is 2.33. The van der Waals surface area contributed by atoms with E-state index >= 15 is 0 Å². The summed E-state index contributed by atoms with van der Waals surface area (Å²) >= 11 is 0. The third kappa shape index (κ3) is 2.34. The van der Waals surface area contributed by atoms with Crippen LogP contribution in [0.15, 0.2) is 0 Å². The normalized spacial score (nSPS) is 35.5. The molecule has 4 heteroatoms. The predicted molar refractivity (Wildman–Crippen MR) is 48.6 cm³/mol. The Morgan fingerprint density at radius 1 is 1.23 bits per heavy atom. The van der Waals surface area contributed by atoms with Gasteiger partial charge in [0.1, 0.15) is 0 Å². The van der Waals surface area contributed by atoms with Crippen LogP contribution in [0.1, 0.15) is 19.3 Å². The van der Waals surface area contributed by atoms with Crippen LogP contribution < -0.4 is 10.6 Å². The van der Waals surface area contributed by atoms with Crippen LogP contribution in [0.3, 0.4) is 0 Å². The number of nitrogens with one attached hydrogen (secondary N) is 2. The molecule has 1 amide bonds. The van der Waals surface area contributed by atoms with E-state index in [1.54, 1.807) is 0 Å². The van der Waals surface area contributed by atoms with E-state index in [-0.39, 0.29) is 0 Å². The lowest BCUT2D eigenvalue weighted by atomic mass is 10.1. The van der Waals surface area contributed by atoms with E-state index < -0.39 is 6.09 Å². The minimum atomic E-state index is -0.934. The molecule has 74 valence electrons. The second-order valence-electron chi connectivity index (χ2n) is 4.11. The highest BCUT2D eigenvalue weighted by molar-refractivity contribution is 5.64. The summed E-state index contributed by atoms with van der Waals surface area (Å²) in [6.07, 6.45) is 3.11. The van der Waals surface area contributed by atoms with Gasteiger partial charge in [-0.05, 0) is 31.1 Å². The molecule has 2 unspecified atom stereocenters. The van der Waals surface area contributed by atoms with E-state index in [0.717, 1.165) is 18.4 Å². The van der Waals surface area contributed by atoms with Gasteiger partial charge >= 0.3 is 6.09 Å². The first-order valence-electron chi connectivity index (χ1n) is 4.96. The summed E-state index contributed by atoms with van der Waals surface area (Å²) in [5.41, 5.74) is 0. The molecule has 2 atom stereocenters. The highest BCUT2D eigenvalue weighted by atomic mass is 16.4. The summed E-state index contributed by atoms with van der Waals surface area (Å²) in [4.78, 5) is 10.1. The zero-order valence-corrected chi connectivity index (χ0v) is 7.62. The molecule has 2 fully saturated rings. The van der Waals surface area contributed by atoms with Crippen molar-refractivity contribution in [3.8, 4) is 0 Å². The lowest BCUT2D eigenvalue weighted by Crippen LogP contribution is -2.35. The van der Waals surface area contributed by atoms with E-state index in [2.05, 4.69) is 10.6 Å². The van der Waals surface area contributed by atoms with Crippen LogP contribution in [-0.2, 0) is 0 Å². The van der Waals surface area contributed by atoms with Crippen molar-refractivity contribution in [3.05, 3.63) is 0 Å². The van der Waals surface area contributed by atoms with E-state index in [1.807, 2.05) is 0 Å². The second-order valence-corrected chi connectivity index (χ2v) is 4.11. The first kappa shape index (κ1) is 8.81. The van der Waals surface area contributed by atoms with Gasteiger partial charge in [0.25, 0.3) is 0 Å². The molecule has 0 aromatic heterocycles. The highest BCUT2D eigenvalue weighted by Crippen LogP contribution is 2.51. The van der Waals surface area contributed by atoms with Gasteiger partial charge in [-0.1, -0.05) is 0 Å². The summed E-state index contributed by atoms with van der Waals surface area (Å²) < 4.78 is 0. The number of carbonyl (C=O) groups is 1. The zero-order valence-electron chi connectivity index (χ0n) is 7.62. The summed E-state index contributed by atoms with van der Waals surface area (Å²) in [6.45, 7) is 1.28. The van der Waals surface area contributed by atoms with Crippen LogP contribution in [0, 0.1) is 11.8 Å². The van der Waals surface area contributed by atoms with Gasteiger partial charge in [-0.25, -0.2) is 4.79 Å². The molecule has 2 aliphatic carbocycles. The number of carboxylic acid groups (broad SMARTS) is 1. The number of amides is 1. The lowest BCUT2D eigenvalue weighted by Gasteiger charge is -2.13. The van der Waals surface area contributed by atoms with Crippen molar-refractivity contribution in [2.45, 2.75) is 25.3 Å². The van der Waals surface area contributed by atoms with E-state index in [9.17, 15) is 4.79 Å². The maximum absolute atomic E-state index is 10.1. The van der Waals surface area contributed by atoms with Crippen LogP contribution in [0.2, 0.25) is 0 Å². The van der Waals surface area contributed by atoms with Crippen molar-refractivity contribution < 1.29 is 9.90 Å². The first-order chi connectivity index (χ1) is 6.25. The Bertz CT molecular complexity index is 198. The Morgan fingerprint density at radius 2 is 1.92 bits per heavy atom. The Labute approximate surface area is 77.7 Å². The number of rotatable bonds is 4. The summed E-state index contributed by atoms with van der Waals surface area (Å²) in [5.74, 6) is 1.98. The van der Waals surface area contributed by atoms with Crippen LogP contribution in [0.5, 0.6) is 0 Å². The number of hydrogen-bond donors (Lipinski definition) is 3. The highest BCUT2D eigenvalue weighted by Gasteiger charge is 2.45. The van der Waals surface area contributed by atoms with Crippen molar-refractivity contribution in [2.24, 2.45) is 11.8 Å². The molecule has 0 radical (unpaired) electrons. The third-order valence-corrected chi connectivity index (χ3v) is 3.08. The van der Waals surface area contributed by atoms with E-state index in [1.165, 1.54) is 19.3 Å². The minimum absolute atomic E-state index is 0.515. The van der Waals surface area contributed by atoms with Crippen LogP contribution in [0.4, 0.5) is 4.79 Å². The summed E-state index contributed by atoms with van der Waals surface area (Å²) in [7, 11) is 0. The van der Waals surface area contributed by atoms with Gasteiger partial charge in [0.15, 0.2) is 0 Å². The molecule has 2 aliphatic rings. The molecule has 4 nitrogen and oxygen atoms in total. The van der Waals surface area contributed by atoms with Gasteiger partial charge < -0.3 is 15.7 Å². The largest absolute Gasteiger partial charge is 0.465 e. The van der Waals surface area contributed by atoms with Gasteiger partial charge in [-0.2, -0.15) is 0 Å². The number of hydrogen-bond acceptors (Lipinski definition) is 2. The zero-order chi connectivity index (χ0) is 9.26. The van der Waals surface area contributed by atoms with Crippen molar-refractivity contribution in [3.63, 3.8) is 0 Å². The third-order valence-electron chi connectivity index (χ3n) is 3.08. The average molecular weight is 184 g/mol. The molecule has 0 aromatic carbocycles. The van der Waals surface area contributed by atoms with Gasteiger partial charge in [-0.15, -0.1) is 0 Å². The van der Waals surface area contributed by atoms with E-state index in [4.69, 9.17) is 5.11 Å². The van der Waals surface area contributed by atoms with Gasteiger partial charge in [-0.3, -0.25) is 0 Å². The predicted octanol–water partition coefficient (Wildman–Crippen LogP) is 0.642. The van der Waals surface area contributed by atoms with Crippen LogP contribution >= 0.6 is 0 Å². The molecule has 2 rings (SSSR count). The van der Waals surface area contributed by atoms with Crippen LogP contribution in [-0.4, -0.2) is 30.3 Å². The van der Waals surface area contributed by atoms with Crippen molar-refractivity contribution >= 4 is 6.09 Å². The van der Waals surface area contributed by atoms with E-state index in [0.29, 0.717) is 12.6 Å². The van der Waals surface area contributed by atoms with Gasteiger partial charge in [0.2, 0.25) is 0 Å². The van der Waals surface area contributed by atoms with Crippen molar-refractivity contribution in [1.82, 2.24) is 10.6 Å². The topological polar surface area (TPSA) is 61.4 Å². The van der Waals surface area contributed by atoms with Crippen molar-refractivity contribution in [2.75, 3.05) is 13.1 Å². The Balaban J connectivity index is 1.51. The van der Waals surface area contributed by atoms with Gasteiger partial charge in [0.05, 0.1) is 0 Å². The molecule has 2 saturated carbocycles. The standard InChI is InChI=1S/C9H16N2O2/c12-9(13)11-2-1-10-8-4-6-3-7(6)5-8/h6-8,10-11H,1-5H2,(H,12,13). The maximum atomic E-state index is 10.1. The first-order valence-corrected chi connectivity index (χ1v) is 4.96. The SMILES string of the molecule is O=C(O)NCCNC1CC2CC2C1.